The highest BCUT2D eigenvalue weighted by atomic mass is 28.3. The Balaban J connectivity index is 2.74. The molecule has 0 aromatic carbocycles. The molecule has 0 saturated carbocycles. The van der Waals surface area contributed by atoms with Crippen LogP contribution in [0, 0.1) is 0 Å². The third kappa shape index (κ3) is 1.16. The third-order valence-electron chi connectivity index (χ3n) is 2.20. The van der Waals surface area contributed by atoms with Crippen LogP contribution in [0.5, 0.6) is 0 Å². The topological polar surface area (TPSA) is 0 Å². The molecule has 1 atom stereocenters. The molecule has 1 aliphatic heterocycles. The zero-order valence-corrected chi connectivity index (χ0v) is 7.59. The monoisotopic (exact) mass is 138 g/mol. The zero-order valence-electron chi connectivity index (χ0n) is 6.44. The Morgan fingerprint density at radius 2 is 2.11 bits per heavy atom. The molecule has 1 aliphatic rings. The first-order chi connectivity index (χ1) is 4.25. The van der Waals surface area contributed by atoms with Crippen molar-refractivity contribution in [1.29, 1.82) is 0 Å². The molecule has 50 valence electrons. The zero-order chi connectivity index (χ0) is 6.85. The molecule has 0 fully saturated rings. The fraction of sp³-hybridized carbons (Fsp3) is 0.500. The van der Waals surface area contributed by atoms with Gasteiger partial charge in [0.05, 0.1) is 8.80 Å². The quantitative estimate of drug-likeness (QED) is 0.487. The minimum atomic E-state index is -0.513. The van der Waals surface area contributed by atoms with E-state index in [1.165, 1.54) is 11.6 Å². The molecule has 0 aromatic rings. The molecule has 1 heteroatoms. The number of allylic oxidation sites excluding steroid dienone is 3. The van der Waals surface area contributed by atoms with E-state index in [4.69, 9.17) is 0 Å². The number of rotatable bonds is 1. The molecule has 0 bridgehead atoms. The fourth-order valence-electron chi connectivity index (χ4n) is 1.27. The van der Waals surface area contributed by atoms with Gasteiger partial charge in [0.15, 0.2) is 0 Å². The second-order valence-electron chi connectivity index (χ2n) is 2.74. The van der Waals surface area contributed by atoms with Crippen LogP contribution in [0.2, 0.25) is 6.04 Å². The van der Waals surface area contributed by atoms with Crippen molar-refractivity contribution >= 4 is 8.80 Å². The van der Waals surface area contributed by atoms with Crippen molar-refractivity contribution in [3.05, 3.63) is 22.5 Å². The van der Waals surface area contributed by atoms with Gasteiger partial charge in [-0.2, -0.15) is 0 Å². The average molecular weight is 138 g/mol. The fourth-order valence-corrected chi connectivity index (χ4v) is 3.65. The highest BCUT2D eigenvalue weighted by molar-refractivity contribution is 6.72. The Morgan fingerprint density at radius 1 is 1.44 bits per heavy atom. The van der Waals surface area contributed by atoms with Gasteiger partial charge in [0.25, 0.3) is 0 Å². The molecule has 1 unspecified atom stereocenters. The lowest BCUT2D eigenvalue weighted by molar-refractivity contribution is 1.39. The highest BCUT2D eigenvalue weighted by Gasteiger charge is 2.12. The maximum absolute atomic E-state index is 2.44. The Hall–Kier alpha value is -0.303. The summed E-state index contributed by atoms with van der Waals surface area (Å²) in [6, 6.07) is 1.39. The van der Waals surface area contributed by atoms with Crippen LogP contribution in [0.1, 0.15) is 20.8 Å². The second kappa shape index (κ2) is 2.52. The summed E-state index contributed by atoms with van der Waals surface area (Å²) in [6.45, 7) is 6.80. The molecule has 0 spiro atoms. The van der Waals surface area contributed by atoms with Crippen LogP contribution in [-0.2, 0) is 0 Å². The van der Waals surface area contributed by atoms with Gasteiger partial charge in [0.2, 0.25) is 0 Å². The van der Waals surface area contributed by atoms with Gasteiger partial charge in [-0.05, 0) is 13.8 Å². The molecule has 0 nitrogen and oxygen atoms in total. The maximum atomic E-state index is 2.44. The Labute approximate surface area is 58.9 Å². The lowest BCUT2D eigenvalue weighted by atomic mass is 10.3. The first-order valence-corrected chi connectivity index (χ1v) is 5.67. The van der Waals surface area contributed by atoms with E-state index in [2.05, 4.69) is 32.5 Å². The van der Waals surface area contributed by atoms with Crippen molar-refractivity contribution in [3.8, 4) is 0 Å². The number of hydrogen-bond donors (Lipinski definition) is 0. The van der Waals surface area contributed by atoms with Crippen LogP contribution < -0.4 is 0 Å². The summed E-state index contributed by atoms with van der Waals surface area (Å²) in [5.74, 6) is 0. The summed E-state index contributed by atoms with van der Waals surface area (Å²) in [5.41, 5.74) is 3.96. The molecule has 1 rings (SSSR count). The molecule has 1 heterocycles. The molecular formula is C8H14Si. The largest absolute Gasteiger partial charge is 0.0930 e. The van der Waals surface area contributed by atoms with Gasteiger partial charge < -0.3 is 0 Å². The summed E-state index contributed by atoms with van der Waals surface area (Å²) >= 11 is 0. The smallest absolute Gasteiger partial charge is 0.0886 e. The van der Waals surface area contributed by atoms with E-state index >= 15 is 0 Å². The van der Waals surface area contributed by atoms with Crippen molar-refractivity contribution in [3.63, 3.8) is 0 Å². The van der Waals surface area contributed by atoms with E-state index < -0.39 is 8.80 Å². The van der Waals surface area contributed by atoms with Crippen LogP contribution in [-0.4, -0.2) is 8.80 Å². The molecule has 0 radical (unpaired) electrons. The van der Waals surface area contributed by atoms with Gasteiger partial charge >= 0.3 is 0 Å². The summed E-state index contributed by atoms with van der Waals surface area (Å²) < 4.78 is 0. The van der Waals surface area contributed by atoms with Crippen LogP contribution in [0.3, 0.4) is 0 Å². The van der Waals surface area contributed by atoms with Crippen LogP contribution in [0.4, 0.5) is 0 Å². The minimum absolute atomic E-state index is 0.513. The Morgan fingerprint density at radius 3 is 2.33 bits per heavy atom. The predicted molar refractivity (Wildman–Crippen MR) is 45.1 cm³/mol. The van der Waals surface area contributed by atoms with Gasteiger partial charge in [-0.1, -0.05) is 35.5 Å². The number of hydrogen-bond acceptors (Lipinski definition) is 0. The molecule has 0 N–H and O–H groups in total. The second-order valence-corrected chi connectivity index (χ2v) is 6.02. The SMILES string of the molecule is CC[SiH]1C=CC(C)=C1C. The van der Waals surface area contributed by atoms with E-state index in [0.29, 0.717) is 0 Å². The standard InChI is InChI=1S/C8H14Si/c1-4-9-6-5-7(2)8(9)3/h5-6,9H,4H2,1-3H3. The van der Waals surface area contributed by atoms with E-state index in [1.807, 2.05) is 0 Å². The minimum Gasteiger partial charge on any atom is -0.0930 e. The van der Waals surface area contributed by atoms with Gasteiger partial charge in [-0.25, -0.2) is 0 Å². The molecule has 0 amide bonds. The average Bonchev–Trinajstić information content (AvgIpc) is 2.15. The predicted octanol–water partition coefficient (Wildman–Crippen LogP) is 2.22. The van der Waals surface area contributed by atoms with E-state index in [-0.39, 0.29) is 0 Å². The van der Waals surface area contributed by atoms with Crippen molar-refractivity contribution in [2.75, 3.05) is 0 Å². The third-order valence-corrected chi connectivity index (χ3v) is 5.30. The molecule has 0 aliphatic carbocycles. The summed E-state index contributed by atoms with van der Waals surface area (Å²) in [5, 5.41) is 1.69. The van der Waals surface area contributed by atoms with Crippen LogP contribution in [0.25, 0.3) is 0 Å². The van der Waals surface area contributed by atoms with Crippen molar-refractivity contribution in [2.45, 2.75) is 26.8 Å². The normalized spacial score (nSPS) is 25.9. The van der Waals surface area contributed by atoms with Crippen molar-refractivity contribution in [2.24, 2.45) is 0 Å². The molecule has 0 aromatic heterocycles. The van der Waals surface area contributed by atoms with Gasteiger partial charge in [-0.15, -0.1) is 0 Å². The van der Waals surface area contributed by atoms with Crippen LogP contribution >= 0.6 is 0 Å². The van der Waals surface area contributed by atoms with E-state index in [9.17, 15) is 0 Å². The van der Waals surface area contributed by atoms with Gasteiger partial charge in [0.1, 0.15) is 0 Å². The molecular weight excluding hydrogens is 124 g/mol. The summed E-state index contributed by atoms with van der Waals surface area (Å²) in [7, 11) is -0.513. The molecule has 9 heavy (non-hydrogen) atoms. The highest BCUT2D eigenvalue weighted by Crippen LogP contribution is 2.19. The van der Waals surface area contributed by atoms with E-state index in [0.717, 1.165) is 0 Å². The van der Waals surface area contributed by atoms with E-state index in [1.54, 1.807) is 5.20 Å². The first kappa shape index (κ1) is 6.81. The summed E-state index contributed by atoms with van der Waals surface area (Å²) in [4.78, 5) is 0. The van der Waals surface area contributed by atoms with Crippen molar-refractivity contribution in [1.82, 2.24) is 0 Å². The van der Waals surface area contributed by atoms with Crippen LogP contribution in [0.15, 0.2) is 22.5 Å². The summed E-state index contributed by atoms with van der Waals surface area (Å²) in [6.07, 6.45) is 2.29. The maximum Gasteiger partial charge on any atom is 0.0886 e. The first-order valence-electron chi connectivity index (χ1n) is 3.61. The lowest BCUT2D eigenvalue weighted by Crippen LogP contribution is -2.06. The Bertz CT molecular complexity index is 165. The van der Waals surface area contributed by atoms with Gasteiger partial charge in [-0.3, -0.25) is 0 Å². The Kier molecular flexibility index (Phi) is 1.91. The molecule has 0 saturated heterocycles. The van der Waals surface area contributed by atoms with Gasteiger partial charge in [0, 0.05) is 0 Å². The van der Waals surface area contributed by atoms with Crippen molar-refractivity contribution < 1.29 is 0 Å². The lowest BCUT2D eigenvalue weighted by Gasteiger charge is -2.03.